The fourth-order valence-electron chi connectivity index (χ4n) is 2.04. The van der Waals surface area contributed by atoms with E-state index in [9.17, 15) is 9.90 Å². The largest absolute Gasteiger partial charge is 0.506 e. The summed E-state index contributed by atoms with van der Waals surface area (Å²) in [5.41, 5.74) is 0.334. The van der Waals surface area contributed by atoms with Crippen molar-refractivity contribution in [3.8, 4) is 5.75 Å². The lowest BCUT2D eigenvalue weighted by molar-refractivity contribution is -0.0858. The zero-order valence-electron chi connectivity index (χ0n) is 10.1. The molecule has 2 atom stereocenters. The number of carbonyl (C=O) groups excluding carboxylic acids is 1. The number of rotatable bonds is 2. The summed E-state index contributed by atoms with van der Waals surface area (Å²) in [5.74, 6) is -0.257. The maximum atomic E-state index is 12.2. The van der Waals surface area contributed by atoms with Gasteiger partial charge in [0.05, 0.1) is 30.6 Å². The summed E-state index contributed by atoms with van der Waals surface area (Å²) in [6.45, 7) is 2.54. The van der Waals surface area contributed by atoms with Crippen LogP contribution in [0.15, 0.2) is 18.5 Å². The summed E-state index contributed by atoms with van der Waals surface area (Å²) >= 11 is 0. The average Bonchev–Trinajstić information content (AvgIpc) is 2.37. The summed E-state index contributed by atoms with van der Waals surface area (Å²) in [6.07, 6.45) is 2.21. The van der Waals surface area contributed by atoms with Crippen LogP contribution in [0.1, 0.15) is 17.3 Å². The van der Waals surface area contributed by atoms with Gasteiger partial charge in [-0.2, -0.15) is 0 Å². The van der Waals surface area contributed by atoms with Crippen molar-refractivity contribution in [2.75, 3.05) is 19.7 Å². The molecular weight excluding hydrogens is 236 g/mol. The Labute approximate surface area is 105 Å². The summed E-state index contributed by atoms with van der Waals surface area (Å²) in [7, 11) is 0. The smallest absolute Gasteiger partial charge is 0.255 e. The first-order valence-corrected chi connectivity index (χ1v) is 5.79. The van der Waals surface area contributed by atoms with Gasteiger partial charge in [0.15, 0.2) is 0 Å². The van der Waals surface area contributed by atoms with E-state index >= 15 is 0 Å². The summed E-state index contributed by atoms with van der Waals surface area (Å²) in [4.78, 5) is 17.6. The molecule has 2 N–H and O–H groups in total. The number of aromatic hydroxyl groups is 1. The number of aromatic nitrogens is 1. The molecule has 0 spiro atoms. The Hall–Kier alpha value is -1.66. The van der Waals surface area contributed by atoms with Crippen LogP contribution in [0.4, 0.5) is 0 Å². The lowest BCUT2D eigenvalue weighted by Gasteiger charge is -2.36. The second-order valence-electron chi connectivity index (χ2n) is 4.39. The zero-order valence-corrected chi connectivity index (χ0v) is 10.1. The van der Waals surface area contributed by atoms with Crippen LogP contribution in [-0.2, 0) is 4.74 Å². The molecule has 2 unspecified atom stereocenters. The van der Waals surface area contributed by atoms with Crippen LogP contribution >= 0.6 is 0 Å². The number of hydrogen-bond donors (Lipinski definition) is 2. The highest BCUT2D eigenvalue weighted by Gasteiger charge is 2.28. The third kappa shape index (κ3) is 2.77. The summed E-state index contributed by atoms with van der Waals surface area (Å²) in [6, 6.07) is 1.38. The van der Waals surface area contributed by atoms with Crippen molar-refractivity contribution in [3.05, 3.63) is 24.0 Å². The van der Waals surface area contributed by atoms with Gasteiger partial charge in [0.25, 0.3) is 5.91 Å². The first-order chi connectivity index (χ1) is 8.60. The Morgan fingerprint density at radius 1 is 1.56 bits per heavy atom. The maximum absolute atomic E-state index is 12.2. The lowest BCUT2D eigenvalue weighted by Crippen LogP contribution is -2.50. The first kappa shape index (κ1) is 12.8. The van der Waals surface area contributed by atoms with Gasteiger partial charge >= 0.3 is 0 Å². The standard InChI is InChI=1S/C12H16N2O4/c1-8-5-14(6-11(7-15)18-8)12(17)9-2-10(16)4-13-3-9/h2-4,8,11,15-16H,5-7H2,1H3. The van der Waals surface area contributed by atoms with Crippen molar-refractivity contribution >= 4 is 5.91 Å². The minimum atomic E-state index is -0.358. The van der Waals surface area contributed by atoms with Gasteiger partial charge in [-0.05, 0) is 13.0 Å². The molecule has 1 aromatic heterocycles. The molecule has 2 rings (SSSR count). The molecule has 1 amide bonds. The van der Waals surface area contributed by atoms with Gasteiger partial charge in [0, 0.05) is 19.3 Å². The van der Waals surface area contributed by atoms with Gasteiger partial charge in [0.2, 0.25) is 0 Å². The number of hydrogen-bond acceptors (Lipinski definition) is 5. The van der Waals surface area contributed by atoms with Crippen LogP contribution in [0, 0.1) is 0 Å². The van der Waals surface area contributed by atoms with Crippen molar-refractivity contribution in [1.82, 2.24) is 9.88 Å². The highest BCUT2D eigenvalue weighted by molar-refractivity contribution is 5.94. The predicted octanol–water partition coefficient (Wildman–Crippen LogP) is 0.00900. The van der Waals surface area contributed by atoms with Gasteiger partial charge in [-0.1, -0.05) is 0 Å². The van der Waals surface area contributed by atoms with Crippen molar-refractivity contribution < 1.29 is 19.7 Å². The summed E-state index contributed by atoms with van der Waals surface area (Å²) in [5, 5.41) is 18.4. The number of pyridine rings is 1. The maximum Gasteiger partial charge on any atom is 0.255 e. The normalized spacial score (nSPS) is 24.0. The van der Waals surface area contributed by atoms with E-state index in [2.05, 4.69) is 4.98 Å². The highest BCUT2D eigenvalue weighted by Crippen LogP contribution is 2.16. The highest BCUT2D eigenvalue weighted by atomic mass is 16.5. The first-order valence-electron chi connectivity index (χ1n) is 5.79. The monoisotopic (exact) mass is 252 g/mol. The van der Waals surface area contributed by atoms with Crippen molar-refractivity contribution in [2.24, 2.45) is 0 Å². The molecular formula is C12H16N2O4. The number of aliphatic hydroxyl groups is 1. The molecule has 2 heterocycles. The van der Waals surface area contributed by atoms with Gasteiger partial charge in [-0.25, -0.2) is 0 Å². The second kappa shape index (κ2) is 5.32. The number of aliphatic hydroxyl groups excluding tert-OH is 1. The topological polar surface area (TPSA) is 82.9 Å². The van der Waals surface area contributed by atoms with Gasteiger partial charge in [0.1, 0.15) is 5.75 Å². The molecule has 1 aliphatic rings. The van der Waals surface area contributed by atoms with Crippen LogP contribution in [0.25, 0.3) is 0 Å². The number of carbonyl (C=O) groups is 1. The molecule has 6 heteroatoms. The second-order valence-corrected chi connectivity index (χ2v) is 4.39. The van der Waals surface area contributed by atoms with Crippen molar-refractivity contribution in [2.45, 2.75) is 19.1 Å². The third-order valence-corrected chi connectivity index (χ3v) is 2.79. The lowest BCUT2D eigenvalue weighted by atomic mass is 10.1. The van der Waals surface area contributed by atoms with Gasteiger partial charge in [-0.3, -0.25) is 9.78 Å². The minimum absolute atomic E-state index is 0.0409. The summed E-state index contributed by atoms with van der Waals surface area (Å²) < 4.78 is 5.47. The van der Waals surface area contributed by atoms with E-state index < -0.39 is 0 Å². The van der Waals surface area contributed by atoms with Crippen LogP contribution in [-0.4, -0.2) is 57.9 Å². The predicted molar refractivity (Wildman–Crippen MR) is 63.2 cm³/mol. The van der Waals surface area contributed by atoms with E-state index in [-0.39, 0.29) is 30.5 Å². The quantitative estimate of drug-likeness (QED) is 0.774. The van der Waals surface area contributed by atoms with E-state index in [1.807, 2.05) is 6.92 Å². The van der Waals surface area contributed by atoms with E-state index in [4.69, 9.17) is 9.84 Å². The van der Waals surface area contributed by atoms with Crippen LogP contribution in [0.5, 0.6) is 5.75 Å². The van der Waals surface area contributed by atoms with E-state index in [0.29, 0.717) is 18.7 Å². The molecule has 1 aromatic rings. The van der Waals surface area contributed by atoms with E-state index in [0.717, 1.165) is 0 Å². The Balaban J connectivity index is 2.13. The number of ether oxygens (including phenoxy) is 1. The molecule has 0 aromatic carbocycles. The minimum Gasteiger partial charge on any atom is -0.506 e. The van der Waals surface area contributed by atoms with E-state index in [1.165, 1.54) is 18.5 Å². The molecule has 1 aliphatic heterocycles. The van der Waals surface area contributed by atoms with Crippen LogP contribution in [0.3, 0.4) is 0 Å². The number of nitrogens with zero attached hydrogens (tertiary/aromatic N) is 2. The van der Waals surface area contributed by atoms with Crippen molar-refractivity contribution in [3.63, 3.8) is 0 Å². The molecule has 6 nitrogen and oxygen atoms in total. The number of amides is 1. The SMILES string of the molecule is CC1CN(C(=O)c2cncc(O)c2)CC(CO)O1. The van der Waals surface area contributed by atoms with Gasteiger partial charge in [-0.15, -0.1) is 0 Å². The third-order valence-electron chi connectivity index (χ3n) is 2.79. The molecule has 0 bridgehead atoms. The molecule has 18 heavy (non-hydrogen) atoms. The fraction of sp³-hybridized carbons (Fsp3) is 0.500. The van der Waals surface area contributed by atoms with Gasteiger partial charge < -0.3 is 19.8 Å². The Morgan fingerprint density at radius 2 is 2.33 bits per heavy atom. The average molecular weight is 252 g/mol. The molecule has 1 saturated heterocycles. The molecule has 98 valence electrons. The Morgan fingerprint density at radius 3 is 3.00 bits per heavy atom. The van der Waals surface area contributed by atoms with Crippen LogP contribution in [0.2, 0.25) is 0 Å². The van der Waals surface area contributed by atoms with Crippen LogP contribution < -0.4 is 0 Å². The molecule has 0 radical (unpaired) electrons. The van der Waals surface area contributed by atoms with Crippen molar-refractivity contribution in [1.29, 1.82) is 0 Å². The molecule has 0 aliphatic carbocycles. The van der Waals surface area contributed by atoms with E-state index in [1.54, 1.807) is 4.90 Å². The Bertz CT molecular complexity index is 438. The Kier molecular flexibility index (Phi) is 3.78. The molecule has 1 fully saturated rings. The molecule has 0 saturated carbocycles. The zero-order chi connectivity index (χ0) is 13.1. The number of morpholine rings is 1. The fourth-order valence-corrected chi connectivity index (χ4v) is 2.04.